The topological polar surface area (TPSA) is 135 Å². The SMILES string of the molecule is COc1ccc([C@H](C)N(C(=O)C(c2ccccc2)c2ccccc2)[C@H](CCCNC(=N)N)C(N)=O)cc1. The number of carbonyl (C=O) groups excluding carboxylic acids is 2. The van der Waals surface area contributed by atoms with Crippen molar-refractivity contribution in [3.63, 3.8) is 0 Å². The van der Waals surface area contributed by atoms with E-state index in [4.69, 9.17) is 21.6 Å². The zero-order valence-electron chi connectivity index (χ0n) is 21.3. The Morgan fingerprint density at radius 2 is 1.43 bits per heavy atom. The van der Waals surface area contributed by atoms with E-state index in [1.54, 1.807) is 12.0 Å². The highest BCUT2D eigenvalue weighted by molar-refractivity contribution is 5.92. The fourth-order valence-electron chi connectivity index (χ4n) is 4.51. The Balaban J connectivity index is 2.06. The molecule has 8 heteroatoms. The molecule has 0 heterocycles. The summed E-state index contributed by atoms with van der Waals surface area (Å²) in [6.07, 6.45) is 0.811. The summed E-state index contributed by atoms with van der Waals surface area (Å²) >= 11 is 0. The standard InChI is InChI=1S/C29H35N5O3/c1-20(21-15-17-24(37-2)18-16-21)34(25(27(30)35)14-9-19-33-29(31)32)28(36)26(22-10-5-3-6-11-22)23-12-7-4-8-13-23/h3-8,10-13,15-18,20,25-26H,9,14,19H2,1-2H3,(H2,30,35)(H4,31,32,33)/t20-,25+/m0/s1. The number of hydrogen-bond acceptors (Lipinski definition) is 4. The van der Waals surface area contributed by atoms with Crippen LogP contribution in [-0.2, 0) is 9.59 Å². The van der Waals surface area contributed by atoms with Crippen LogP contribution in [0.3, 0.4) is 0 Å². The average molecular weight is 502 g/mol. The lowest BCUT2D eigenvalue weighted by atomic mass is 9.88. The molecule has 0 unspecified atom stereocenters. The highest BCUT2D eigenvalue weighted by Crippen LogP contribution is 2.33. The number of nitrogens with one attached hydrogen (secondary N) is 2. The lowest BCUT2D eigenvalue weighted by molar-refractivity contribution is -0.142. The quantitative estimate of drug-likeness (QED) is 0.171. The molecule has 0 aromatic heterocycles. The van der Waals surface area contributed by atoms with E-state index < -0.39 is 23.9 Å². The first-order chi connectivity index (χ1) is 17.8. The summed E-state index contributed by atoms with van der Waals surface area (Å²) in [5, 5.41) is 10.1. The molecule has 0 spiro atoms. The van der Waals surface area contributed by atoms with Crippen LogP contribution >= 0.6 is 0 Å². The van der Waals surface area contributed by atoms with Crippen LogP contribution < -0.4 is 21.5 Å². The van der Waals surface area contributed by atoms with Crippen molar-refractivity contribution in [1.82, 2.24) is 10.2 Å². The highest BCUT2D eigenvalue weighted by atomic mass is 16.5. The molecule has 0 aliphatic rings. The van der Waals surface area contributed by atoms with Gasteiger partial charge in [-0.2, -0.15) is 0 Å². The molecule has 0 saturated heterocycles. The summed E-state index contributed by atoms with van der Waals surface area (Å²) in [7, 11) is 1.59. The highest BCUT2D eigenvalue weighted by Gasteiger charge is 2.37. The number of primary amides is 1. The number of ether oxygens (including phenoxy) is 1. The van der Waals surface area contributed by atoms with Gasteiger partial charge in [0.2, 0.25) is 11.8 Å². The minimum Gasteiger partial charge on any atom is -0.497 e. The van der Waals surface area contributed by atoms with Crippen molar-refractivity contribution in [3.8, 4) is 5.75 Å². The fraction of sp³-hybridized carbons (Fsp3) is 0.276. The third-order valence-corrected chi connectivity index (χ3v) is 6.42. The molecule has 3 rings (SSSR count). The Hall–Kier alpha value is -4.33. The van der Waals surface area contributed by atoms with Crippen molar-refractivity contribution < 1.29 is 14.3 Å². The molecule has 0 fully saturated rings. The summed E-state index contributed by atoms with van der Waals surface area (Å²) in [5.74, 6) is -0.883. The van der Waals surface area contributed by atoms with E-state index in [0.29, 0.717) is 25.1 Å². The monoisotopic (exact) mass is 501 g/mol. The minimum absolute atomic E-state index is 0.150. The molecule has 3 aromatic rings. The van der Waals surface area contributed by atoms with Crippen molar-refractivity contribution in [1.29, 1.82) is 5.41 Å². The molecule has 2 atom stereocenters. The van der Waals surface area contributed by atoms with Gasteiger partial charge in [0.25, 0.3) is 0 Å². The Bertz CT molecular complexity index is 1130. The minimum atomic E-state index is -0.867. The van der Waals surface area contributed by atoms with Crippen molar-refractivity contribution in [2.24, 2.45) is 11.5 Å². The van der Waals surface area contributed by atoms with E-state index in [0.717, 1.165) is 16.7 Å². The zero-order chi connectivity index (χ0) is 26.8. The van der Waals surface area contributed by atoms with Crippen LogP contribution in [0.25, 0.3) is 0 Å². The largest absolute Gasteiger partial charge is 0.497 e. The summed E-state index contributed by atoms with van der Waals surface area (Å²) in [6, 6.07) is 25.2. The van der Waals surface area contributed by atoms with E-state index in [9.17, 15) is 9.59 Å². The van der Waals surface area contributed by atoms with Gasteiger partial charge in [0.1, 0.15) is 11.8 Å². The van der Waals surface area contributed by atoms with Crippen LogP contribution in [0.5, 0.6) is 5.75 Å². The Labute approximate surface area is 218 Å². The van der Waals surface area contributed by atoms with Crippen molar-refractivity contribution >= 4 is 17.8 Å². The maximum absolute atomic E-state index is 14.5. The Kier molecular flexibility index (Phi) is 9.66. The maximum Gasteiger partial charge on any atom is 0.240 e. The number of methoxy groups -OCH3 is 1. The molecule has 194 valence electrons. The summed E-state index contributed by atoms with van der Waals surface area (Å²) < 4.78 is 5.29. The smallest absolute Gasteiger partial charge is 0.240 e. The van der Waals surface area contributed by atoms with Gasteiger partial charge in [0.15, 0.2) is 5.96 Å². The molecule has 2 amide bonds. The molecule has 0 bridgehead atoms. The van der Waals surface area contributed by atoms with Crippen molar-refractivity contribution in [2.75, 3.05) is 13.7 Å². The van der Waals surface area contributed by atoms with Gasteiger partial charge < -0.3 is 26.4 Å². The van der Waals surface area contributed by atoms with Gasteiger partial charge in [0.05, 0.1) is 19.1 Å². The number of nitrogens with zero attached hydrogens (tertiary/aromatic N) is 1. The Morgan fingerprint density at radius 3 is 1.89 bits per heavy atom. The van der Waals surface area contributed by atoms with E-state index in [2.05, 4.69) is 5.32 Å². The number of hydrogen-bond donors (Lipinski definition) is 4. The summed E-state index contributed by atoms with van der Waals surface area (Å²) in [6.45, 7) is 2.29. The van der Waals surface area contributed by atoms with Crippen LogP contribution in [0.2, 0.25) is 0 Å². The molecule has 0 radical (unpaired) electrons. The van der Waals surface area contributed by atoms with E-state index in [1.165, 1.54) is 0 Å². The number of guanidine groups is 1. The van der Waals surface area contributed by atoms with Gasteiger partial charge >= 0.3 is 0 Å². The molecular weight excluding hydrogens is 466 g/mol. The second-order valence-corrected chi connectivity index (χ2v) is 8.85. The van der Waals surface area contributed by atoms with Gasteiger partial charge in [-0.1, -0.05) is 72.8 Å². The van der Waals surface area contributed by atoms with Gasteiger partial charge in [0, 0.05) is 6.54 Å². The van der Waals surface area contributed by atoms with Crippen LogP contribution in [0.4, 0.5) is 0 Å². The molecule has 3 aromatic carbocycles. The normalized spacial score (nSPS) is 12.4. The number of benzene rings is 3. The number of amides is 2. The lowest BCUT2D eigenvalue weighted by Crippen LogP contribution is -2.51. The zero-order valence-corrected chi connectivity index (χ0v) is 21.3. The second kappa shape index (κ2) is 13.1. The first-order valence-corrected chi connectivity index (χ1v) is 12.3. The molecule has 37 heavy (non-hydrogen) atoms. The van der Waals surface area contributed by atoms with Crippen LogP contribution in [-0.4, -0.2) is 42.4 Å². The summed E-state index contributed by atoms with van der Waals surface area (Å²) in [5.41, 5.74) is 13.8. The molecule has 0 saturated carbocycles. The molecular formula is C29H35N5O3. The van der Waals surface area contributed by atoms with Gasteiger partial charge in [-0.3, -0.25) is 15.0 Å². The van der Waals surface area contributed by atoms with Gasteiger partial charge in [-0.25, -0.2) is 0 Å². The molecule has 0 aliphatic carbocycles. The number of carbonyl (C=O) groups is 2. The number of nitrogens with two attached hydrogens (primary N) is 2. The summed E-state index contributed by atoms with van der Waals surface area (Å²) in [4.78, 5) is 28.9. The fourth-order valence-corrected chi connectivity index (χ4v) is 4.51. The first-order valence-electron chi connectivity index (χ1n) is 12.3. The number of rotatable bonds is 12. The predicted molar refractivity (Wildman–Crippen MR) is 145 cm³/mol. The lowest BCUT2D eigenvalue weighted by Gasteiger charge is -2.38. The van der Waals surface area contributed by atoms with E-state index in [-0.39, 0.29) is 11.9 Å². The van der Waals surface area contributed by atoms with E-state index >= 15 is 0 Å². The van der Waals surface area contributed by atoms with Crippen molar-refractivity contribution in [3.05, 3.63) is 102 Å². The third-order valence-electron chi connectivity index (χ3n) is 6.42. The van der Waals surface area contributed by atoms with Crippen LogP contribution in [0.15, 0.2) is 84.9 Å². The van der Waals surface area contributed by atoms with E-state index in [1.807, 2.05) is 91.9 Å². The average Bonchev–Trinajstić information content (AvgIpc) is 2.91. The van der Waals surface area contributed by atoms with Gasteiger partial charge in [-0.15, -0.1) is 0 Å². The van der Waals surface area contributed by atoms with Crippen LogP contribution in [0.1, 0.15) is 48.4 Å². The molecule has 6 N–H and O–H groups in total. The second-order valence-electron chi connectivity index (χ2n) is 8.85. The predicted octanol–water partition coefficient (Wildman–Crippen LogP) is 3.53. The van der Waals surface area contributed by atoms with Crippen molar-refractivity contribution in [2.45, 2.75) is 37.8 Å². The Morgan fingerprint density at radius 1 is 0.892 bits per heavy atom. The first kappa shape index (κ1) is 27.3. The molecule has 8 nitrogen and oxygen atoms in total. The van der Waals surface area contributed by atoms with Gasteiger partial charge in [-0.05, 0) is 48.6 Å². The van der Waals surface area contributed by atoms with Crippen LogP contribution in [0, 0.1) is 5.41 Å². The molecule has 0 aliphatic heterocycles. The third kappa shape index (κ3) is 7.10. The maximum atomic E-state index is 14.5.